The van der Waals surface area contributed by atoms with Crippen molar-refractivity contribution in [1.82, 2.24) is 9.21 Å². The van der Waals surface area contributed by atoms with Crippen molar-refractivity contribution in [3.05, 3.63) is 18.2 Å². The molecular formula is C18H32N3O6PS2. The van der Waals surface area contributed by atoms with Crippen LogP contribution in [0.25, 0.3) is 0 Å². The van der Waals surface area contributed by atoms with Gasteiger partial charge in [-0.3, -0.25) is 4.90 Å². The summed E-state index contributed by atoms with van der Waals surface area (Å²) in [5.41, 5.74) is 0.331. The van der Waals surface area contributed by atoms with Gasteiger partial charge in [0.2, 0.25) is 10.0 Å². The van der Waals surface area contributed by atoms with E-state index in [1.165, 1.54) is 22.5 Å². The lowest BCUT2D eigenvalue weighted by molar-refractivity contribution is 0.201. The molecule has 9 nitrogen and oxygen atoms in total. The molecule has 12 heteroatoms. The normalized spacial score (nSPS) is 18.3. The molecule has 0 aromatic heterocycles. The van der Waals surface area contributed by atoms with Gasteiger partial charge < -0.3 is 14.6 Å². The third kappa shape index (κ3) is 6.51. The number of piperazine rings is 1. The minimum absolute atomic E-state index is 0.0770. The van der Waals surface area contributed by atoms with E-state index in [2.05, 4.69) is 0 Å². The fraction of sp³-hybridized carbons (Fsp3) is 0.667. The zero-order chi connectivity index (χ0) is 22.9. The van der Waals surface area contributed by atoms with Crippen LogP contribution in [0.4, 0.5) is 5.69 Å². The molecule has 172 valence electrons. The van der Waals surface area contributed by atoms with E-state index < -0.39 is 33.1 Å². The van der Waals surface area contributed by atoms with E-state index in [4.69, 9.17) is 0 Å². The maximum absolute atomic E-state index is 13.4. The van der Waals surface area contributed by atoms with E-state index in [9.17, 15) is 26.5 Å². The summed E-state index contributed by atoms with van der Waals surface area (Å²) in [6, 6.07) is 4.03. The molecule has 1 atom stereocenters. The van der Waals surface area contributed by atoms with Gasteiger partial charge in [0.15, 0.2) is 9.84 Å². The van der Waals surface area contributed by atoms with Crippen LogP contribution in [0.3, 0.4) is 0 Å². The number of aliphatic hydroxyl groups is 1. The van der Waals surface area contributed by atoms with E-state index in [1.807, 2.05) is 4.90 Å². The number of anilines is 1. The second-order valence-corrected chi connectivity index (χ2v) is 15.7. The number of hydrogen-bond donors (Lipinski definition) is 1. The molecule has 30 heavy (non-hydrogen) atoms. The van der Waals surface area contributed by atoms with Crippen LogP contribution in [0.1, 0.15) is 6.92 Å². The third-order valence-corrected chi connectivity index (χ3v) is 8.92. The van der Waals surface area contributed by atoms with E-state index in [1.54, 1.807) is 32.2 Å². The topological polar surface area (TPSA) is 115 Å². The maximum atomic E-state index is 13.4. The molecule has 1 unspecified atom stereocenters. The Balaban J connectivity index is 2.40. The van der Waals surface area contributed by atoms with Crippen molar-refractivity contribution in [2.45, 2.75) is 22.8 Å². The van der Waals surface area contributed by atoms with Gasteiger partial charge in [0, 0.05) is 46.0 Å². The number of nitrogens with zero attached hydrogens (tertiary/aromatic N) is 3. The first-order valence-electron chi connectivity index (χ1n) is 9.61. The molecule has 2 rings (SSSR count). The summed E-state index contributed by atoms with van der Waals surface area (Å²) in [6.07, 6.45) is 0.777. The van der Waals surface area contributed by atoms with Crippen molar-refractivity contribution < 1.29 is 26.5 Å². The molecule has 0 radical (unpaired) electrons. The molecular weight excluding hydrogens is 449 g/mol. The Labute approximate surface area is 180 Å². The third-order valence-electron chi connectivity index (χ3n) is 4.80. The highest BCUT2D eigenvalue weighted by atomic mass is 32.2. The molecule has 0 bridgehead atoms. The van der Waals surface area contributed by atoms with Crippen LogP contribution in [-0.2, 0) is 24.4 Å². The first-order valence-corrected chi connectivity index (χ1v) is 15.7. The highest BCUT2D eigenvalue weighted by molar-refractivity contribution is 7.91. The van der Waals surface area contributed by atoms with E-state index in [0.29, 0.717) is 25.1 Å². The Hall–Kier alpha value is -0.970. The van der Waals surface area contributed by atoms with Crippen LogP contribution in [-0.4, -0.2) is 103 Å². The van der Waals surface area contributed by atoms with Gasteiger partial charge in [0.25, 0.3) is 0 Å². The Bertz CT molecular complexity index is 1010. The Morgan fingerprint density at radius 1 is 1.13 bits per heavy atom. The highest BCUT2D eigenvalue weighted by Gasteiger charge is 2.33. The Morgan fingerprint density at radius 3 is 2.17 bits per heavy atom. The number of rotatable bonds is 8. The SMILES string of the molecule is CC(O)CN(C)c1ccc(S(C)(=O)=O)cc1S(=O)(=O)N1CCN(CP(C)(C)=O)CC1. The van der Waals surface area contributed by atoms with Crippen molar-refractivity contribution in [2.24, 2.45) is 0 Å². The summed E-state index contributed by atoms with van der Waals surface area (Å²) in [5.74, 6) is 0. The van der Waals surface area contributed by atoms with E-state index in [-0.39, 0.29) is 29.4 Å². The maximum Gasteiger partial charge on any atom is 0.245 e. The molecule has 1 aliphatic heterocycles. The number of benzene rings is 1. The molecule has 1 aromatic carbocycles. The zero-order valence-electron chi connectivity index (χ0n) is 18.1. The van der Waals surface area contributed by atoms with Gasteiger partial charge in [-0.2, -0.15) is 4.31 Å². The van der Waals surface area contributed by atoms with Gasteiger partial charge in [-0.1, -0.05) is 0 Å². The van der Waals surface area contributed by atoms with Crippen molar-refractivity contribution in [3.8, 4) is 0 Å². The summed E-state index contributed by atoms with van der Waals surface area (Å²) in [6.45, 7) is 6.56. The summed E-state index contributed by atoms with van der Waals surface area (Å²) in [5, 5.41) is 9.71. The van der Waals surface area contributed by atoms with Crippen molar-refractivity contribution in [1.29, 1.82) is 0 Å². The molecule has 1 heterocycles. The van der Waals surface area contributed by atoms with Crippen molar-refractivity contribution in [2.75, 3.05) is 70.5 Å². The largest absolute Gasteiger partial charge is 0.392 e. The quantitative estimate of drug-likeness (QED) is 0.542. The van der Waals surface area contributed by atoms with Crippen LogP contribution in [0.2, 0.25) is 0 Å². The van der Waals surface area contributed by atoms with Gasteiger partial charge in [0.1, 0.15) is 4.90 Å². The van der Waals surface area contributed by atoms with Crippen LogP contribution in [0, 0.1) is 0 Å². The van der Waals surface area contributed by atoms with Gasteiger partial charge >= 0.3 is 0 Å². The van der Waals surface area contributed by atoms with Gasteiger partial charge in [0.05, 0.1) is 30.1 Å². The van der Waals surface area contributed by atoms with E-state index >= 15 is 0 Å². The fourth-order valence-electron chi connectivity index (χ4n) is 3.47. The van der Waals surface area contributed by atoms with Crippen LogP contribution in [0.5, 0.6) is 0 Å². The lowest BCUT2D eigenvalue weighted by Crippen LogP contribution is -2.48. The molecule has 1 saturated heterocycles. The Kier molecular flexibility index (Phi) is 7.81. The fourth-order valence-corrected chi connectivity index (χ4v) is 7.13. The molecule has 0 spiro atoms. The Morgan fingerprint density at radius 2 is 1.70 bits per heavy atom. The second-order valence-electron chi connectivity index (χ2n) is 8.37. The smallest absolute Gasteiger partial charge is 0.245 e. The number of likely N-dealkylation sites (N-methyl/N-ethyl adjacent to an activating group) is 1. The van der Waals surface area contributed by atoms with Gasteiger partial charge in [-0.25, -0.2) is 16.8 Å². The minimum Gasteiger partial charge on any atom is -0.392 e. The van der Waals surface area contributed by atoms with Crippen LogP contribution in [0.15, 0.2) is 28.0 Å². The summed E-state index contributed by atoms with van der Waals surface area (Å²) in [7, 11) is -8.17. The highest BCUT2D eigenvalue weighted by Crippen LogP contribution is 2.37. The lowest BCUT2D eigenvalue weighted by atomic mass is 10.2. The van der Waals surface area contributed by atoms with Gasteiger partial charge in [-0.05, 0) is 38.5 Å². The standard InChI is InChI=1S/C18H32N3O6PS2/c1-15(22)13-19(2)17-7-6-16(29(5,24)25)12-18(17)30(26,27)21-10-8-20(9-11-21)14-28(3,4)23/h6-7,12,15,22H,8-11,13-14H2,1-5H3. The summed E-state index contributed by atoms with van der Waals surface area (Å²) in [4.78, 5) is 3.41. The molecule has 0 amide bonds. The summed E-state index contributed by atoms with van der Waals surface area (Å²) >= 11 is 0. The number of hydrogen-bond acceptors (Lipinski definition) is 8. The molecule has 1 aromatic rings. The predicted octanol–water partition coefficient (Wildman–Crippen LogP) is 0.794. The summed E-state index contributed by atoms with van der Waals surface area (Å²) < 4.78 is 64.3. The number of sulfone groups is 1. The zero-order valence-corrected chi connectivity index (χ0v) is 20.7. The van der Waals surface area contributed by atoms with Crippen molar-refractivity contribution in [3.63, 3.8) is 0 Å². The van der Waals surface area contributed by atoms with Gasteiger partial charge in [-0.15, -0.1) is 0 Å². The van der Waals surface area contributed by atoms with E-state index in [0.717, 1.165) is 6.26 Å². The molecule has 1 fully saturated rings. The average Bonchev–Trinajstić information content (AvgIpc) is 2.59. The first-order chi connectivity index (χ1) is 13.6. The number of aliphatic hydroxyl groups excluding tert-OH is 1. The number of sulfonamides is 1. The molecule has 0 saturated carbocycles. The van der Waals surface area contributed by atoms with Crippen molar-refractivity contribution >= 4 is 32.7 Å². The van der Waals surface area contributed by atoms with Crippen LogP contribution < -0.4 is 4.90 Å². The lowest BCUT2D eigenvalue weighted by Gasteiger charge is -2.35. The predicted molar refractivity (Wildman–Crippen MR) is 119 cm³/mol. The molecule has 1 aliphatic rings. The monoisotopic (exact) mass is 481 g/mol. The van der Waals surface area contributed by atoms with Crippen LogP contribution >= 0.6 is 7.14 Å². The molecule has 1 N–H and O–H groups in total. The minimum atomic E-state index is -3.97. The second kappa shape index (κ2) is 9.26. The molecule has 0 aliphatic carbocycles. The average molecular weight is 482 g/mol. The first kappa shape index (κ1) is 25.3.